The highest BCUT2D eigenvalue weighted by Gasteiger charge is 2.44. The van der Waals surface area contributed by atoms with Crippen LogP contribution in [-0.4, -0.2) is 79.1 Å². The molecule has 0 aliphatic carbocycles. The predicted molar refractivity (Wildman–Crippen MR) is 78.2 cm³/mol. The summed E-state index contributed by atoms with van der Waals surface area (Å²) in [5.41, 5.74) is -0.897. The molecule has 0 radical (unpaired) electrons. The van der Waals surface area contributed by atoms with Crippen molar-refractivity contribution in [2.75, 3.05) is 18.6 Å². The fraction of sp³-hybridized carbons (Fsp3) is 0.909. The van der Waals surface area contributed by atoms with Gasteiger partial charge < -0.3 is 30.4 Å². The monoisotopic (exact) mass is 327 g/mol. The summed E-state index contributed by atoms with van der Waals surface area (Å²) in [6.07, 6.45) is -1.75. The van der Waals surface area contributed by atoms with E-state index in [9.17, 15) is 15.3 Å². The molecule has 0 saturated carbocycles. The number of thioether (sulfide) groups is 2. The minimum atomic E-state index is -1.41. The summed E-state index contributed by atoms with van der Waals surface area (Å²) >= 11 is 2.66. The second-order valence-corrected chi connectivity index (χ2v) is 6.56. The van der Waals surface area contributed by atoms with Gasteiger partial charge in [0, 0.05) is 6.42 Å². The van der Waals surface area contributed by atoms with Crippen LogP contribution < -0.4 is 0 Å². The lowest BCUT2D eigenvalue weighted by atomic mass is 10.0. The Balaban J connectivity index is 2.60. The first-order valence-corrected chi connectivity index (χ1v) is 8.49. The molecule has 1 aliphatic heterocycles. The molecule has 0 spiro atoms. The first-order chi connectivity index (χ1) is 9.54. The zero-order valence-electron chi connectivity index (χ0n) is 11.1. The summed E-state index contributed by atoms with van der Waals surface area (Å²) in [7, 11) is 0. The van der Waals surface area contributed by atoms with Crippen LogP contribution in [0.5, 0.6) is 0 Å². The van der Waals surface area contributed by atoms with Gasteiger partial charge in [-0.1, -0.05) is 16.9 Å². The van der Waals surface area contributed by atoms with Crippen LogP contribution in [0, 0.1) is 0 Å². The Hall–Kier alpha value is -0.0300. The molecule has 1 fully saturated rings. The second-order valence-electron chi connectivity index (χ2n) is 4.41. The Kier molecular flexibility index (Phi) is 8.18. The van der Waals surface area contributed by atoms with E-state index in [1.165, 1.54) is 0 Å². The summed E-state index contributed by atoms with van der Waals surface area (Å²) in [5, 5.41) is 50.7. The number of oxime groups is 1. The number of rotatable bonds is 6. The summed E-state index contributed by atoms with van der Waals surface area (Å²) in [5.74, 6) is 0.911. The lowest BCUT2D eigenvalue weighted by molar-refractivity contribution is -0.205. The van der Waals surface area contributed by atoms with Gasteiger partial charge in [-0.25, -0.2) is 0 Å². The smallest absolute Gasteiger partial charge is 0.138 e. The predicted octanol–water partition coefficient (Wildman–Crippen LogP) is -0.550. The quantitative estimate of drug-likeness (QED) is 0.145. The first-order valence-electron chi connectivity index (χ1n) is 6.22. The van der Waals surface area contributed by atoms with E-state index in [4.69, 9.17) is 15.1 Å². The third-order valence-electron chi connectivity index (χ3n) is 2.95. The van der Waals surface area contributed by atoms with E-state index in [1.54, 1.807) is 11.8 Å². The first kappa shape index (κ1) is 18.0. The topological polar surface area (TPSA) is 123 Å². The molecule has 1 rings (SSSR count). The fourth-order valence-electron chi connectivity index (χ4n) is 1.80. The number of hydrogen-bond donors (Lipinski definition) is 5. The van der Waals surface area contributed by atoms with Gasteiger partial charge in [0.25, 0.3) is 0 Å². The van der Waals surface area contributed by atoms with Crippen LogP contribution in [0.1, 0.15) is 12.8 Å². The van der Waals surface area contributed by atoms with Crippen molar-refractivity contribution in [3.05, 3.63) is 0 Å². The van der Waals surface area contributed by atoms with E-state index in [1.807, 2.05) is 6.26 Å². The van der Waals surface area contributed by atoms with Gasteiger partial charge in [0.15, 0.2) is 0 Å². The van der Waals surface area contributed by atoms with E-state index in [-0.39, 0.29) is 0 Å². The molecule has 9 heteroatoms. The summed E-state index contributed by atoms with van der Waals surface area (Å²) in [6, 6.07) is 0. The van der Waals surface area contributed by atoms with E-state index in [2.05, 4.69) is 5.16 Å². The van der Waals surface area contributed by atoms with Crippen molar-refractivity contribution >= 4 is 28.6 Å². The molecule has 5 N–H and O–H groups in total. The highest BCUT2D eigenvalue weighted by molar-refractivity contribution is 8.14. The van der Waals surface area contributed by atoms with Crippen molar-refractivity contribution in [2.24, 2.45) is 5.16 Å². The van der Waals surface area contributed by atoms with Crippen molar-refractivity contribution in [1.82, 2.24) is 0 Å². The minimum absolute atomic E-state index is 0.378. The maximum absolute atomic E-state index is 9.86. The molecule has 0 amide bonds. The fourth-order valence-corrected chi connectivity index (χ4v) is 3.31. The van der Waals surface area contributed by atoms with E-state index < -0.39 is 36.5 Å². The molecule has 5 unspecified atom stereocenters. The van der Waals surface area contributed by atoms with Crippen molar-refractivity contribution in [3.63, 3.8) is 0 Å². The Morgan fingerprint density at radius 2 is 1.90 bits per heavy atom. The van der Waals surface area contributed by atoms with Gasteiger partial charge in [0.1, 0.15) is 34.9 Å². The average molecular weight is 327 g/mol. The van der Waals surface area contributed by atoms with Crippen LogP contribution in [-0.2, 0) is 4.74 Å². The zero-order valence-corrected chi connectivity index (χ0v) is 12.8. The van der Waals surface area contributed by atoms with Gasteiger partial charge in [-0.05, 0) is 18.4 Å². The maximum Gasteiger partial charge on any atom is 0.138 e. The minimum Gasteiger partial charge on any atom is -0.410 e. The number of aliphatic hydroxyl groups excluding tert-OH is 4. The Labute approximate surface area is 126 Å². The van der Waals surface area contributed by atoms with E-state index in [0.29, 0.717) is 11.5 Å². The molecule has 7 nitrogen and oxygen atoms in total. The third-order valence-corrected chi connectivity index (χ3v) is 4.83. The largest absolute Gasteiger partial charge is 0.410 e. The van der Waals surface area contributed by atoms with Gasteiger partial charge in [-0.2, -0.15) is 11.8 Å². The van der Waals surface area contributed by atoms with E-state index in [0.717, 1.165) is 23.9 Å². The SMILES string of the molecule is CSCCCC(=NO)SC1OC(CO)C(O)C(O)C1O. The molecule has 0 aromatic heterocycles. The highest BCUT2D eigenvalue weighted by Crippen LogP contribution is 2.30. The molecule has 1 saturated heterocycles. The second kappa shape index (κ2) is 9.08. The maximum atomic E-state index is 9.86. The van der Waals surface area contributed by atoms with Crippen molar-refractivity contribution in [2.45, 2.75) is 42.7 Å². The number of nitrogens with zero attached hydrogens (tertiary/aromatic N) is 1. The van der Waals surface area contributed by atoms with Crippen LogP contribution in [0.25, 0.3) is 0 Å². The van der Waals surface area contributed by atoms with Crippen LogP contribution >= 0.6 is 23.5 Å². The standard InChI is InChI=1S/C11H21NO6S2/c1-19-4-2-3-7(12-17)20-11-10(16)9(15)8(14)6(5-13)18-11/h6,8-11,13-17H,2-5H2,1H3. The normalized spacial score (nSPS) is 35.2. The summed E-state index contributed by atoms with van der Waals surface area (Å²) in [6.45, 7) is -0.472. The van der Waals surface area contributed by atoms with Crippen LogP contribution in [0.15, 0.2) is 5.16 Å². The number of hydrogen-bond acceptors (Lipinski definition) is 9. The zero-order chi connectivity index (χ0) is 15.1. The molecular weight excluding hydrogens is 306 g/mol. The van der Waals surface area contributed by atoms with Gasteiger partial charge in [0.05, 0.1) is 6.61 Å². The Morgan fingerprint density at radius 3 is 2.45 bits per heavy atom. The van der Waals surface area contributed by atoms with Crippen LogP contribution in [0.3, 0.4) is 0 Å². The Bertz CT molecular complexity index is 317. The van der Waals surface area contributed by atoms with E-state index >= 15 is 0 Å². The molecule has 1 aliphatic rings. The summed E-state index contributed by atoms with van der Waals surface area (Å²) < 4.78 is 5.32. The van der Waals surface area contributed by atoms with Crippen molar-refractivity contribution < 1.29 is 30.4 Å². The molecule has 0 aromatic rings. The molecule has 0 bridgehead atoms. The van der Waals surface area contributed by atoms with Crippen molar-refractivity contribution in [3.8, 4) is 0 Å². The lowest BCUT2D eigenvalue weighted by Crippen LogP contribution is -2.57. The average Bonchev–Trinajstić information content (AvgIpc) is 2.46. The molecule has 20 heavy (non-hydrogen) atoms. The van der Waals surface area contributed by atoms with Gasteiger partial charge in [-0.3, -0.25) is 0 Å². The van der Waals surface area contributed by atoms with Crippen LogP contribution in [0.2, 0.25) is 0 Å². The number of aliphatic hydroxyl groups is 4. The lowest BCUT2D eigenvalue weighted by Gasteiger charge is -2.39. The molecule has 1 heterocycles. The van der Waals surface area contributed by atoms with Gasteiger partial charge in [-0.15, -0.1) is 0 Å². The molecule has 118 valence electrons. The molecule has 5 atom stereocenters. The van der Waals surface area contributed by atoms with Crippen LogP contribution in [0.4, 0.5) is 0 Å². The van der Waals surface area contributed by atoms with Gasteiger partial charge in [0.2, 0.25) is 0 Å². The number of ether oxygens (including phenoxy) is 1. The Morgan fingerprint density at radius 1 is 1.20 bits per heavy atom. The van der Waals surface area contributed by atoms with Crippen molar-refractivity contribution in [1.29, 1.82) is 0 Å². The van der Waals surface area contributed by atoms with Gasteiger partial charge >= 0.3 is 0 Å². The highest BCUT2D eigenvalue weighted by atomic mass is 32.2. The molecular formula is C11H21NO6S2. The molecule has 0 aromatic carbocycles. The third kappa shape index (κ3) is 4.76. The summed E-state index contributed by atoms with van der Waals surface area (Å²) in [4.78, 5) is 0.